The summed E-state index contributed by atoms with van der Waals surface area (Å²) in [6.45, 7) is 16.7. The summed E-state index contributed by atoms with van der Waals surface area (Å²) in [5, 5.41) is 7.63. The number of aliphatic imine (C=N–C) groups is 2. The number of carbonyl (C=O) groups is 2. The topological polar surface area (TPSA) is 217 Å². The Morgan fingerprint density at radius 2 is 1.23 bits per heavy atom. The van der Waals surface area contributed by atoms with Crippen molar-refractivity contribution in [1.29, 1.82) is 0 Å². The van der Waals surface area contributed by atoms with E-state index >= 15 is 0 Å². The van der Waals surface area contributed by atoms with Gasteiger partial charge in [-0.1, -0.05) is 0 Å². The summed E-state index contributed by atoms with van der Waals surface area (Å²) < 4.78 is 21.8. The molecule has 2 saturated heterocycles. The molecule has 2 fully saturated rings. The number of hydrogen-bond acceptors (Lipinski definition) is 13. The number of ketones is 2. The molecule has 4 atom stereocenters. The molecule has 2 unspecified atom stereocenters. The van der Waals surface area contributed by atoms with Crippen molar-refractivity contribution in [2.45, 2.75) is 105 Å². The van der Waals surface area contributed by atoms with Crippen molar-refractivity contribution in [2.75, 3.05) is 46.8 Å². The zero-order chi connectivity index (χ0) is 47.2. The number of ether oxygens (including phenoxy) is 2. The normalized spacial score (nSPS) is 17.7. The molecule has 2 aliphatic rings. The van der Waals surface area contributed by atoms with Gasteiger partial charge in [-0.15, -0.1) is 11.3 Å². The summed E-state index contributed by atoms with van der Waals surface area (Å²) in [7, 11) is 4.17. The minimum atomic E-state index is -0.526. The van der Waals surface area contributed by atoms with Gasteiger partial charge >= 0.3 is 156 Å². The van der Waals surface area contributed by atoms with Gasteiger partial charge in [0, 0.05) is 24.7 Å². The third-order valence-electron chi connectivity index (χ3n) is 12.9. The molecule has 0 bridgehead atoms. The Balaban J connectivity index is 0.000000245. The van der Waals surface area contributed by atoms with Gasteiger partial charge in [0.15, 0.2) is 11.0 Å². The Labute approximate surface area is 392 Å². The zero-order valence-electron chi connectivity index (χ0n) is 39.3. The Hall–Kier alpha value is -5.04. The van der Waals surface area contributed by atoms with E-state index in [9.17, 15) is 14.3 Å². The molecule has 18 heteroatoms. The fourth-order valence-corrected chi connectivity index (χ4v) is 10.1. The molecule has 2 aromatic carbocycles. The molecule has 0 amide bonds. The fraction of sp³-hybridized carbons (Fsp3) is 0.532. The van der Waals surface area contributed by atoms with Crippen LogP contribution in [-0.4, -0.2) is 109 Å². The van der Waals surface area contributed by atoms with Gasteiger partial charge in [0.05, 0.1) is 26.8 Å². The van der Waals surface area contributed by atoms with Crippen LogP contribution in [-0.2, 0) is 17.8 Å². The second-order valence-electron chi connectivity index (χ2n) is 17.1. The Kier molecular flexibility index (Phi) is 19.2. The first-order valence-electron chi connectivity index (χ1n) is 22.3. The number of nitrogens with two attached hydrogens (primary N) is 3. The quantitative estimate of drug-likeness (QED) is 0.0411. The van der Waals surface area contributed by atoms with Gasteiger partial charge in [0.25, 0.3) is 0 Å². The number of methoxy groups -OCH3 is 2. The van der Waals surface area contributed by atoms with Gasteiger partial charge in [0.1, 0.15) is 11.5 Å². The van der Waals surface area contributed by atoms with E-state index in [0.717, 1.165) is 92.8 Å². The first-order chi connectivity index (χ1) is 31.2. The SMILES string of the molecule is COc1cc(C)c(CN=C(N)N2CCC[C@H](CC(N)C(=O)c3nccs3)C2)c(C)c1C.COc1cc(C)c(CN=C(N)N2CCC[C@H](CC(NCB=O)C(=O)c3nccs3)C2)c(C)c1C. The van der Waals surface area contributed by atoms with Gasteiger partial charge < -0.3 is 25.8 Å². The van der Waals surface area contributed by atoms with E-state index in [4.69, 9.17) is 36.7 Å². The van der Waals surface area contributed by atoms with Crippen LogP contribution in [0.5, 0.6) is 11.5 Å². The van der Waals surface area contributed by atoms with Crippen molar-refractivity contribution in [3.8, 4) is 11.5 Å². The molecule has 350 valence electrons. The van der Waals surface area contributed by atoms with Crippen LogP contribution in [0.2, 0.25) is 0 Å². The van der Waals surface area contributed by atoms with Crippen LogP contribution in [0.15, 0.2) is 45.3 Å². The average Bonchev–Trinajstić information content (AvgIpc) is 4.06. The molecule has 7 N–H and O–H groups in total. The molecule has 0 radical (unpaired) electrons. The van der Waals surface area contributed by atoms with Crippen molar-refractivity contribution in [1.82, 2.24) is 25.1 Å². The number of hydrogen-bond donors (Lipinski definition) is 4. The first-order valence-corrected chi connectivity index (χ1v) is 24.1. The van der Waals surface area contributed by atoms with Crippen molar-refractivity contribution in [3.05, 3.63) is 89.8 Å². The van der Waals surface area contributed by atoms with Crippen LogP contribution in [0.4, 0.5) is 0 Å². The van der Waals surface area contributed by atoms with Crippen LogP contribution in [0.25, 0.3) is 0 Å². The number of Topliss-reactive ketones (excluding diaryl/α,β-unsaturated/α-hetero) is 2. The first kappa shape index (κ1) is 51.0. The summed E-state index contributed by atoms with van der Waals surface area (Å²) in [5.74, 6) is 3.32. The maximum atomic E-state index is 12.9. The zero-order valence-corrected chi connectivity index (χ0v) is 40.9. The molecule has 0 spiro atoms. The van der Waals surface area contributed by atoms with Crippen LogP contribution in [0.3, 0.4) is 0 Å². The minimum absolute atomic E-state index is 0.0589. The second kappa shape index (κ2) is 24.5. The van der Waals surface area contributed by atoms with Gasteiger partial charge in [-0.25, -0.2) is 9.98 Å². The maximum absolute atomic E-state index is 12.9. The monoisotopic (exact) mass is 926 g/mol. The van der Waals surface area contributed by atoms with Crippen molar-refractivity contribution in [3.63, 3.8) is 0 Å². The molecule has 0 saturated carbocycles. The number of nitrogens with one attached hydrogen (secondary N) is 1. The number of benzene rings is 2. The third-order valence-corrected chi connectivity index (χ3v) is 14.5. The van der Waals surface area contributed by atoms with E-state index in [1.807, 2.05) is 6.07 Å². The number of carbonyl (C=O) groups excluding carboxylic acids is 2. The molecule has 15 nitrogen and oxygen atoms in total. The summed E-state index contributed by atoms with van der Waals surface area (Å²) in [4.78, 5) is 47.2. The van der Waals surface area contributed by atoms with Crippen molar-refractivity contribution in [2.24, 2.45) is 39.0 Å². The number of likely N-dealkylation sites (tertiary alicyclic amines) is 2. The van der Waals surface area contributed by atoms with E-state index in [1.54, 1.807) is 37.4 Å². The molecule has 6 rings (SSSR count). The number of guanidine groups is 2. The number of piperidine rings is 2. The number of rotatable bonds is 17. The van der Waals surface area contributed by atoms with Gasteiger partial charge in [-0.05, 0) is 107 Å². The molecule has 4 heterocycles. The summed E-state index contributed by atoms with van der Waals surface area (Å²) in [6.07, 6.45) is 8.71. The fourth-order valence-electron chi connectivity index (χ4n) is 8.83. The van der Waals surface area contributed by atoms with Crippen LogP contribution in [0, 0.1) is 53.4 Å². The summed E-state index contributed by atoms with van der Waals surface area (Å²) in [5.41, 5.74) is 28.2. The van der Waals surface area contributed by atoms with Crippen LogP contribution < -0.4 is 32.0 Å². The second-order valence-corrected chi connectivity index (χ2v) is 18.9. The standard InChI is InChI=1S/C24H34BN5O3S.C23H33N5O2S/c1-15-10-21(33-4)17(3)16(2)19(15)12-28-24(26)30-8-5-6-18(13-30)11-20(29-14-25-32)22(31)23-27-7-9-34-23;1-14-10-20(30-4)16(3)15(2)18(14)12-27-23(25)28-8-5-6-17(13-28)11-19(24)21(29)22-26-7-9-31-22/h7,9-10,18,20,29H,5-6,8,11-14H2,1-4H3,(H2,26,28);7,9-10,17,19H,5-6,8,11-13,24H2,1-4H3,(H2,25,27)/t18-,20?;17-,19?/m11/s1. The molecular weight excluding hydrogens is 860 g/mol. The van der Waals surface area contributed by atoms with E-state index in [1.165, 1.54) is 44.9 Å². The predicted octanol–water partition coefficient (Wildman–Crippen LogP) is 6.05. The molecular formula is C47H67BN10O5S2. The van der Waals surface area contributed by atoms with E-state index in [0.29, 0.717) is 53.8 Å². The van der Waals surface area contributed by atoms with Crippen molar-refractivity contribution >= 4 is 53.3 Å². The van der Waals surface area contributed by atoms with Crippen LogP contribution in [0.1, 0.15) is 103 Å². The minimum Gasteiger partial charge on any atom is -0.0390 e. The predicted molar refractivity (Wildman–Crippen MR) is 262 cm³/mol. The Morgan fingerprint density at radius 1 is 0.769 bits per heavy atom. The van der Waals surface area contributed by atoms with Gasteiger partial charge in [0.2, 0.25) is 5.78 Å². The van der Waals surface area contributed by atoms with Gasteiger partial charge in [-0.3, -0.25) is 4.79 Å². The van der Waals surface area contributed by atoms with E-state index < -0.39 is 12.1 Å². The van der Waals surface area contributed by atoms with E-state index in [-0.39, 0.29) is 23.9 Å². The van der Waals surface area contributed by atoms with E-state index in [2.05, 4.69) is 72.7 Å². The molecule has 4 aromatic rings. The summed E-state index contributed by atoms with van der Waals surface area (Å²) >= 11 is 2.66. The molecule has 0 aliphatic carbocycles. The average molecular weight is 927 g/mol. The van der Waals surface area contributed by atoms with Crippen molar-refractivity contribution < 1.29 is 23.8 Å². The smallest absolute Gasteiger partial charge is 0.0390 e. The Bertz CT molecular complexity index is 2290. The number of aryl methyl sites for hydroxylation is 2. The molecule has 2 aliphatic heterocycles. The number of aromatic nitrogens is 2. The molecule has 2 aromatic heterocycles. The Morgan fingerprint density at radius 3 is 1.66 bits per heavy atom. The van der Waals surface area contributed by atoms with Crippen LogP contribution >= 0.6 is 22.7 Å². The number of thiazole rings is 2. The third kappa shape index (κ3) is 13.5. The number of nitrogens with zero attached hydrogens (tertiary/aromatic N) is 6. The summed E-state index contributed by atoms with van der Waals surface area (Å²) in [6, 6.07) is 3.14. The molecule has 65 heavy (non-hydrogen) atoms. The van der Waals surface area contributed by atoms with Gasteiger partial charge in [-0.2, -0.15) is 0 Å².